The Morgan fingerprint density at radius 1 is 1.20 bits per heavy atom. The average molecular weight is 369 g/mol. The summed E-state index contributed by atoms with van der Waals surface area (Å²) in [5.41, 5.74) is 2.58. The van der Waals surface area contributed by atoms with Crippen LogP contribution < -0.4 is 10.3 Å². The van der Waals surface area contributed by atoms with Crippen molar-refractivity contribution in [1.29, 1.82) is 0 Å². The smallest absolute Gasteiger partial charge is 0.271 e. The highest BCUT2D eigenvalue weighted by molar-refractivity contribution is 8.00. The van der Waals surface area contributed by atoms with E-state index in [9.17, 15) is 4.79 Å². The monoisotopic (exact) mass is 369 g/mol. The number of benzene rings is 2. The summed E-state index contributed by atoms with van der Waals surface area (Å²) in [5.74, 6) is 1.42. The molecule has 2 heterocycles. The number of methoxy groups -OCH3 is 1. The highest BCUT2D eigenvalue weighted by Crippen LogP contribution is 2.30. The van der Waals surface area contributed by atoms with Crippen LogP contribution in [0.5, 0.6) is 5.75 Å². The van der Waals surface area contributed by atoms with Gasteiger partial charge in [-0.2, -0.15) is 0 Å². The molecule has 0 fully saturated rings. The Hall–Kier alpha value is -2.51. The van der Waals surface area contributed by atoms with Crippen molar-refractivity contribution in [3.63, 3.8) is 0 Å². The van der Waals surface area contributed by atoms with Crippen LogP contribution in [0.15, 0.2) is 63.7 Å². The molecule has 0 spiro atoms. The number of hydrogen-bond acceptors (Lipinski definition) is 5. The Bertz CT molecular complexity index is 1030. The van der Waals surface area contributed by atoms with Gasteiger partial charge in [0.2, 0.25) is 0 Å². The molecule has 0 amide bonds. The van der Waals surface area contributed by atoms with Gasteiger partial charge >= 0.3 is 0 Å². The Morgan fingerprint density at radius 3 is 2.76 bits per heavy atom. The maximum atomic E-state index is 12.2. The first-order valence-electron chi connectivity index (χ1n) is 7.67. The van der Waals surface area contributed by atoms with E-state index in [1.807, 2.05) is 42.5 Å². The number of ether oxygens (including phenoxy) is 1. The van der Waals surface area contributed by atoms with E-state index in [4.69, 9.17) is 4.74 Å². The standard InChI is InChI=1S/C18H15N3O2S2/c1-23-14-8-6-13(7-9-14)21-17(22)10-12(20-21)11-24-18-19-15-4-2-3-5-16(15)25-18/h2-10,20H,11H2,1H3. The molecule has 0 aliphatic carbocycles. The zero-order valence-corrected chi connectivity index (χ0v) is 15.1. The van der Waals surface area contributed by atoms with Crippen molar-refractivity contribution in [3.8, 4) is 11.4 Å². The molecule has 1 N–H and O–H groups in total. The van der Waals surface area contributed by atoms with Crippen LogP contribution in [0.2, 0.25) is 0 Å². The Balaban J connectivity index is 1.52. The third-order valence-corrected chi connectivity index (χ3v) is 5.96. The summed E-state index contributed by atoms with van der Waals surface area (Å²) in [6.45, 7) is 0. The van der Waals surface area contributed by atoms with Gasteiger partial charge in [0, 0.05) is 17.5 Å². The fourth-order valence-corrected chi connectivity index (χ4v) is 4.46. The Morgan fingerprint density at radius 2 is 2.00 bits per heavy atom. The summed E-state index contributed by atoms with van der Waals surface area (Å²) in [6.07, 6.45) is 0. The van der Waals surface area contributed by atoms with Crippen molar-refractivity contribution < 1.29 is 4.74 Å². The zero-order chi connectivity index (χ0) is 17.2. The summed E-state index contributed by atoms with van der Waals surface area (Å²) in [5, 5.41) is 3.16. The summed E-state index contributed by atoms with van der Waals surface area (Å²) in [6, 6.07) is 17.1. The van der Waals surface area contributed by atoms with Crippen LogP contribution in [0.25, 0.3) is 15.9 Å². The highest BCUT2D eigenvalue weighted by atomic mass is 32.2. The molecular weight excluding hydrogens is 354 g/mol. The number of fused-ring (bicyclic) bond motifs is 1. The lowest BCUT2D eigenvalue weighted by molar-refractivity contribution is 0.414. The van der Waals surface area contributed by atoms with E-state index in [2.05, 4.69) is 16.1 Å². The molecule has 126 valence electrons. The van der Waals surface area contributed by atoms with Crippen LogP contribution in [0.3, 0.4) is 0 Å². The highest BCUT2D eigenvalue weighted by Gasteiger charge is 2.08. The number of nitrogens with zero attached hydrogens (tertiary/aromatic N) is 2. The summed E-state index contributed by atoms with van der Waals surface area (Å²) in [4.78, 5) is 16.8. The molecule has 4 aromatic rings. The van der Waals surface area contributed by atoms with Crippen molar-refractivity contribution in [3.05, 3.63) is 70.6 Å². The van der Waals surface area contributed by atoms with Gasteiger partial charge in [0.25, 0.3) is 5.56 Å². The van der Waals surface area contributed by atoms with E-state index in [0.29, 0.717) is 5.75 Å². The molecule has 0 atom stereocenters. The van der Waals surface area contributed by atoms with Crippen molar-refractivity contribution in [1.82, 2.24) is 14.8 Å². The van der Waals surface area contributed by atoms with Crippen LogP contribution in [0.1, 0.15) is 5.69 Å². The molecule has 4 rings (SSSR count). The minimum atomic E-state index is -0.0786. The van der Waals surface area contributed by atoms with Gasteiger partial charge in [-0.05, 0) is 36.4 Å². The lowest BCUT2D eigenvalue weighted by Crippen LogP contribution is -2.13. The van der Waals surface area contributed by atoms with Gasteiger partial charge in [-0.25, -0.2) is 9.67 Å². The minimum Gasteiger partial charge on any atom is -0.497 e. The van der Waals surface area contributed by atoms with Gasteiger partial charge in [0.15, 0.2) is 4.34 Å². The van der Waals surface area contributed by atoms with Crippen LogP contribution in [-0.4, -0.2) is 21.9 Å². The fourth-order valence-electron chi connectivity index (χ4n) is 2.49. The van der Waals surface area contributed by atoms with E-state index in [0.717, 1.165) is 27.0 Å². The molecule has 5 nitrogen and oxygen atoms in total. The largest absolute Gasteiger partial charge is 0.497 e. The molecule has 7 heteroatoms. The number of hydrogen-bond donors (Lipinski definition) is 1. The average Bonchev–Trinajstić information content (AvgIpc) is 3.23. The predicted octanol–water partition coefficient (Wildman–Crippen LogP) is 4.08. The number of H-pyrrole nitrogens is 1. The quantitative estimate of drug-likeness (QED) is 0.539. The lowest BCUT2D eigenvalue weighted by atomic mass is 10.3. The first-order chi connectivity index (χ1) is 12.2. The van der Waals surface area contributed by atoms with Crippen molar-refractivity contribution in [2.24, 2.45) is 0 Å². The Labute approximate surface area is 152 Å². The normalized spacial score (nSPS) is 11.1. The second-order valence-electron chi connectivity index (χ2n) is 5.39. The van der Waals surface area contributed by atoms with Crippen molar-refractivity contribution in [2.75, 3.05) is 7.11 Å². The van der Waals surface area contributed by atoms with Gasteiger partial charge in [0.1, 0.15) is 5.75 Å². The van der Waals surface area contributed by atoms with E-state index in [-0.39, 0.29) is 5.56 Å². The molecule has 2 aromatic carbocycles. The molecule has 25 heavy (non-hydrogen) atoms. The van der Waals surface area contributed by atoms with Gasteiger partial charge in [-0.15, -0.1) is 11.3 Å². The SMILES string of the molecule is COc1ccc(-n2[nH]c(CSc3nc4ccccc4s3)cc2=O)cc1. The number of aromatic amines is 1. The topological polar surface area (TPSA) is 59.9 Å². The molecule has 0 bridgehead atoms. The number of thioether (sulfide) groups is 1. The number of thiazole rings is 1. The predicted molar refractivity (Wildman–Crippen MR) is 102 cm³/mol. The summed E-state index contributed by atoms with van der Waals surface area (Å²) >= 11 is 3.29. The fraction of sp³-hybridized carbons (Fsp3) is 0.111. The van der Waals surface area contributed by atoms with Crippen LogP contribution in [0.4, 0.5) is 0 Å². The van der Waals surface area contributed by atoms with E-state index >= 15 is 0 Å². The van der Waals surface area contributed by atoms with Crippen molar-refractivity contribution >= 4 is 33.3 Å². The molecule has 0 aliphatic rings. The second-order valence-corrected chi connectivity index (χ2v) is 7.64. The minimum absolute atomic E-state index is 0.0786. The molecule has 2 aromatic heterocycles. The summed E-state index contributed by atoms with van der Waals surface area (Å²) < 4.78 is 8.86. The molecular formula is C18H15N3O2S2. The third kappa shape index (κ3) is 3.33. The van der Waals surface area contributed by atoms with E-state index < -0.39 is 0 Å². The number of para-hydroxylation sites is 1. The zero-order valence-electron chi connectivity index (χ0n) is 13.4. The number of rotatable bonds is 5. The van der Waals surface area contributed by atoms with Gasteiger partial charge in [0.05, 0.1) is 23.0 Å². The van der Waals surface area contributed by atoms with E-state index in [1.54, 1.807) is 36.3 Å². The Kier molecular flexibility index (Phi) is 4.33. The second kappa shape index (κ2) is 6.78. The molecule has 0 saturated carbocycles. The molecule has 0 unspecified atom stereocenters. The molecule has 0 radical (unpaired) electrons. The van der Waals surface area contributed by atoms with Gasteiger partial charge in [-0.1, -0.05) is 23.9 Å². The summed E-state index contributed by atoms with van der Waals surface area (Å²) in [7, 11) is 1.62. The number of nitrogens with one attached hydrogen (secondary N) is 1. The van der Waals surface area contributed by atoms with Gasteiger partial charge in [-0.3, -0.25) is 9.89 Å². The lowest BCUT2D eigenvalue weighted by Gasteiger charge is -2.03. The van der Waals surface area contributed by atoms with Crippen molar-refractivity contribution in [2.45, 2.75) is 10.1 Å². The maximum Gasteiger partial charge on any atom is 0.271 e. The first-order valence-corrected chi connectivity index (χ1v) is 9.47. The maximum absolute atomic E-state index is 12.2. The van der Waals surface area contributed by atoms with Gasteiger partial charge < -0.3 is 4.74 Å². The van der Waals surface area contributed by atoms with Crippen LogP contribution in [-0.2, 0) is 5.75 Å². The van der Waals surface area contributed by atoms with E-state index in [1.165, 1.54) is 9.38 Å². The first kappa shape index (κ1) is 16.0. The number of aromatic nitrogens is 3. The molecule has 0 saturated heterocycles. The third-order valence-electron chi connectivity index (χ3n) is 3.73. The van der Waals surface area contributed by atoms with Crippen LogP contribution in [0, 0.1) is 0 Å². The molecule has 0 aliphatic heterocycles. The van der Waals surface area contributed by atoms with Crippen LogP contribution >= 0.6 is 23.1 Å².